The average Bonchev–Trinajstić information content (AvgIpc) is 3.49. The van der Waals surface area contributed by atoms with Gasteiger partial charge in [-0.3, -0.25) is 9.59 Å². The minimum absolute atomic E-state index is 0.0238. The predicted octanol–water partition coefficient (Wildman–Crippen LogP) is 2.95. The number of nitrogens with one attached hydrogen (secondary N) is 1. The van der Waals surface area contributed by atoms with E-state index in [0.717, 1.165) is 37.1 Å². The van der Waals surface area contributed by atoms with Gasteiger partial charge in [0.25, 0.3) is 0 Å². The zero-order chi connectivity index (χ0) is 26.7. The average molecular weight is 553 g/mol. The normalized spacial score (nSPS) is 18.6. The molecule has 2 aliphatic rings. The summed E-state index contributed by atoms with van der Waals surface area (Å²) >= 11 is 1.29. The quantitative estimate of drug-likeness (QED) is 0.493. The Hall–Kier alpha value is -2.77. The van der Waals surface area contributed by atoms with Crippen LogP contribution in [-0.4, -0.2) is 73.2 Å². The summed E-state index contributed by atoms with van der Waals surface area (Å²) in [4.78, 5) is 44.3. The first-order chi connectivity index (χ1) is 17.6. The third-order valence-electron chi connectivity index (χ3n) is 7.04. The summed E-state index contributed by atoms with van der Waals surface area (Å²) in [5, 5.41) is 5.02. The smallest absolute Gasteiger partial charge is 0.342 e. The highest BCUT2D eigenvalue weighted by atomic mass is 32.2. The minimum Gasteiger partial charge on any atom is -0.465 e. The summed E-state index contributed by atoms with van der Waals surface area (Å²) < 4.78 is 38.3. The molecule has 0 radical (unpaired) electrons. The van der Waals surface area contributed by atoms with E-state index in [9.17, 15) is 22.8 Å². The van der Waals surface area contributed by atoms with Crippen molar-refractivity contribution in [3.05, 3.63) is 28.7 Å². The fraction of sp³-hybridized carbons (Fsp3) is 0.583. The van der Waals surface area contributed by atoms with Crippen LogP contribution in [0.4, 0.5) is 5.13 Å². The van der Waals surface area contributed by atoms with E-state index in [4.69, 9.17) is 9.15 Å². The summed E-state index contributed by atoms with van der Waals surface area (Å²) in [6, 6.07) is -0.729. The topological polar surface area (TPSA) is 139 Å². The summed E-state index contributed by atoms with van der Waals surface area (Å²) in [5.41, 5.74) is -0.173. The van der Waals surface area contributed by atoms with Crippen LogP contribution in [0.2, 0.25) is 0 Å². The Balaban J connectivity index is 1.56. The molecule has 2 fully saturated rings. The Bertz CT molecular complexity index is 1250. The molecular formula is C24H32N4O7S2. The van der Waals surface area contributed by atoms with Crippen LogP contribution < -0.4 is 5.32 Å². The van der Waals surface area contributed by atoms with Crippen molar-refractivity contribution in [2.45, 2.75) is 63.3 Å². The van der Waals surface area contributed by atoms with Gasteiger partial charge in [0.05, 0.1) is 13.7 Å². The maximum Gasteiger partial charge on any atom is 0.342 e. The third kappa shape index (κ3) is 5.73. The first-order valence-electron chi connectivity index (χ1n) is 12.3. The van der Waals surface area contributed by atoms with Crippen molar-refractivity contribution in [3.63, 3.8) is 0 Å². The summed E-state index contributed by atoms with van der Waals surface area (Å²) in [5.74, 6) is -1.13. The Kier molecular flexibility index (Phi) is 8.34. The number of ether oxygens (including phenoxy) is 1. The lowest BCUT2D eigenvalue weighted by Gasteiger charge is -2.39. The second-order valence-corrected chi connectivity index (χ2v) is 12.2. The second kappa shape index (κ2) is 11.3. The Labute approximate surface area is 220 Å². The molecule has 2 amide bonds. The molecule has 1 saturated carbocycles. The number of aromatic nitrogens is 1. The van der Waals surface area contributed by atoms with Crippen LogP contribution in [0.15, 0.2) is 20.9 Å². The van der Waals surface area contributed by atoms with E-state index in [1.54, 1.807) is 11.6 Å². The van der Waals surface area contributed by atoms with Crippen LogP contribution in [0.25, 0.3) is 0 Å². The fourth-order valence-electron chi connectivity index (χ4n) is 5.23. The first kappa shape index (κ1) is 27.3. The van der Waals surface area contributed by atoms with Crippen LogP contribution in [0.3, 0.4) is 0 Å². The number of anilines is 1. The zero-order valence-corrected chi connectivity index (χ0v) is 22.8. The van der Waals surface area contributed by atoms with E-state index in [1.807, 2.05) is 0 Å². The standard InChI is InChI=1S/C24H32N4O7S2/c1-15-20(23(31)34-3)21(16(2)35-15)37(32,33)27-10-11-28(19(29)14-27)18(13-17-7-5-4-6-8-17)22(30)26-24-25-9-12-36-24/h9,12,17-18H,4-8,10-11,13-14H2,1-3H3,(H,25,26,30)/t18-/m0/s1. The molecule has 0 spiro atoms. The van der Waals surface area contributed by atoms with Gasteiger partial charge in [-0.15, -0.1) is 11.3 Å². The number of amides is 2. The van der Waals surface area contributed by atoms with E-state index in [1.165, 1.54) is 36.5 Å². The molecular weight excluding hydrogens is 520 g/mol. The number of nitrogens with zero attached hydrogens (tertiary/aromatic N) is 3. The van der Waals surface area contributed by atoms with E-state index in [-0.39, 0.29) is 41.0 Å². The Morgan fingerprint density at radius 3 is 2.57 bits per heavy atom. The number of carbonyl (C=O) groups excluding carboxylic acids is 3. The van der Waals surface area contributed by atoms with Crippen molar-refractivity contribution in [2.24, 2.45) is 5.92 Å². The van der Waals surface area contributed by atoms with Crippen molar-refractivity contribution in [1.29, 1.82) is 0 Å². The van der Waals surface area contributed by atoms with Gasteiger partial charge >= 0.3 is 5.97 Å². The molecule has 1 aliphatic heterocycles. The van der Waals surface area contributed by atoms with E-state index in [0.29, 0.717) is 17.5 Å². The molecule has 1 atom stereocenters. The van der Waals surface area contributed by atoms with Crippen molar-refractivity contribution in [1.82, 2.24) is 14.2 Å². The molecule has 11 nitrogen and oxygen atoms in total. The summed E-state index contributed by atoms with van der Waals surface area (Å²) in [6.07, 6.45) is 7.46. The number of thiazole rings is 1. The van der Waals surface area contributed by atoms with Gasteiger partial charge in [0.15, 0.2) is 5.13 Å². The van der Waals surface area contributed by atoms with E-state index in [2.05, 4.69) is 10.3 Å². The predicted molar refractivity (Wildman–Crippen MR) is 136 cm³/mol. The van der Waals surface area contributed by atoms with Gasteiger partial charge in [-0.2, -0.15) is 4.31 Å². The molecule has 202 valence electrons. The van der Waals surface area contributed by atoms with Gasteiger partial charge in [-0.05, 0) is 26.2 Å². The SMILES string of the molecule is COC(=O)c1c(C)oc(C)c1S(=O)(=O)N1CCN([C@@H](CC2CCCCC2)C(=O)Nc2nccs2)C(=O)C1. The summed E-state index contributed by atoms with van der Waals surface area (Å²) in [6.45, 7) is 2.51. The minimum atomic E-state index is -4.25. The van der Waals surface area contributed by atoms with Gasteiger partial charge < -0.3 is 19.4 Å². The van der Waals surface area contributed by atoms with Gasteiger partial charge in [0, 0.05) is 24.7 Å². The van der Waals surface area contributed by atoms with Crippen LogP contribution in [-0.2, 0) is 24.3 Å². The molecule has 4 rings (SSSR count). The molecule has 2 aromatic rings. The van der Waals surface area contributed by atoms with Crippen molar-refractivity contribution in [2.75, 3.05) is 32.1 Å². The number of aryl methyl sites for hydroxylation is 2. The van der Waals surface area contributed by atoms with Gasteiger partial charge in [-0.25, -0.2) is 18.2 Å². The molecule has 37 heavy (non-hydrogen) atoms. The number of piperazine rings is 1. The highest BCUT2D eigenvalue weighted by Crippen LogP contribution is 2.32. The summed E-state index contributed by atoms with van der Waals surface area (Å²) in [7, 11) is -3.09. The van der Waals surface area contributed by atoms with Crippen LogP contribution in [0, 0.1) is 19.8 Å². The highest BCUT2D eigenvalue weighted by Gasteiger charge is 2.42. The highest BCUT2D eigenvalue weighted by molar-refractivity contribution is 7.89. The maximum atomic E-state index is 13.5. The van der Waals surface area contributed by atoms with Crippen LogP contribution >= 0.6 is 11.3 Å². The van der Waals surface area contributed by atoms with Crippen LogP contribution in [0.5, 0.6) is 0 Å². The lowest BCUT2D eigenvalue weighted by atomic mass is 9.84. The molecule has 13 heteroatoms. The second-order valence-electron chi connectivity index (χ2n) is 9.42. The molecule has 1 aliphatic carbocycles. The number of methoxy groups -OCH3 is 1. The largest absolute Gasteiger partial charge is 0.465 e. The number of furan rings is 1. The number of hydrogen-bond donors (Lipinski definition) is 1. The lowest BCUT2D eigenvalue weighted by Crippen LogP contribution is -2.58. The van der Waals surface area contributed by atoms with Gasteiger partial charge in [0.2, 0.25) is 21.8 Å². The third-order valence-corrected chi connectivity index (χ3v) is 9.72. The van der Waals surface area contributed by atoms with Gasteiger partial charge in [-0.1, -0.05) is 32.1 Å². The maximum absolute atomic E-state index is 13.5. The number of rotatable bonds is 8. The van der Waals surface area contributed by atoms with Crippen LogP contribution in [0.1, 0.15) is 60.4 Å². The molecule has 0 bridgehead atoms. The molecule has 2 aromatic heterocycles. The first-order valence-corrected chi connectivity index (χ1v) is 14.6. The molecule has 0 aromatic carbocycles. The van der Waals surface area contributed by atoms with E-state index < -0.39 is 34.5 Å². The van der Waals surface area contributed by atoms with Crippen molar-refractivity contribution in [3.8, 4) is 0 Å². The Morgan fingerprint density at radius 1 is 1.22 bits per heavy atom. The lowest BCUT2D eigenvalue weighted by molar-refractivity contribution is -0.142. The monoisotopic (exact) mass is 552 g/mol. The molecule has 1 saturated heterocycles. The van der Waals surface area contributed by atoms with Crippen molar-refractivity contribution < 1.29 is 32.0 Å². The van der Waals surface area contributed by atoms with E-state index >= 15 is 0 Å². The number of esters is 1. The zero-order valence-electron chi connectivity index (χ0n) is 21.2. The fourth-order valence-corrected chi connectivity index (χ4v) is 7.51. The van der Waals surface area contributed by atoms with Gasteiger partial charge in [0.1, 0.15) is 28.0 Å². The molecule has 1 N–H and O–H groups in total. The number of hydrogen-bond acceptors (Lipinski definition) is 9. The molecule has 3 heterocycles. The number of carbonyl (C=O) groups is 3. The molecule has 0 unspecified atom stereocenters. The van der Waals surface area contributed by atoms with Crippen molar-refractivity contribution >= 4 is 44.3 Å². The number of sulfonamides is 1. The Morgan fingerprint density at radius 2 is 1.95 bits per heavy atom.